The summed E-state index contributed by atoms with van der Waals surface area (Å²) in [4.78, 5) is 23.9. The Hall–Kier alpha value is -2.05. The highest BCUT2D eigenvalue weighted by Gasteiger charge is 2.33. The molecule has 1 aromatic rings. The summed E-state index contributed by atoms with van der Waals surface area (Å²) in [5, 5.41) is 2.07. The number of rotatable bonds is 4. The molecular weight excluding hydrogens is 347 g/mol. The van der Waals surface area contributed by atoms with E-state index >= 15 is 0 Å². The minimum Gasteiger partial charge on any atom is -0.455 e. The van der Waals surface area contributed by atoms with Crippen LogP contribution in [0.1, 0.15) is 46.5 Å². The third-order valence-electron chi connectivity index (χ3n) is 4.94. The summed E-state index contributed by atoms with van der Waals surface area (Å²) in [5.41, 5.74) is -0.306. The zero-order valence-corrected chi connectivity index (χ0v) is 15.2. The van der Waals surface area contributed by atoms with Crippen molar-refractivity contribution in [1.29, 1.82) is 0 Å². The van der Waals surface area contributed by atoms with E-state index in [0.29, 0.717) is 24.8 Å². The van der Waals surface area contributed by atoms with Crippen LogP contribution in [-0.2, 0) is 14.3 Å². The Kier molecular flexibility index (Phi) is 6.31. The van der Waals surface area contributed by atoms with Crippen molar-refractivity contribution in [3.63, 3.8) is 0 Å². The average Bonchev–Trinajstić information content (AvgIpc) is 2.59. The fourth-order valence-electron chi connectivity index (χ4n) is 3.26. The third-order valence-corrected chi connectivity index (χ3v) is 4.94. The second kappa shape index (κ2) is 8.10. The molecule has 0 spiro atoms. The molecule has 1 saturated carbocycles. The molecule has 0 saturated heterocycles. The van der Waals surface area contributed by atoms with Gasteiger partial charge in [-0.3, -0.25) is 9.59 Å². The number of nitrogens with one attached hydrogen (secondary N) is 1. The maximum Gasteiger partial charge on any atom is 0.309 e. The summed E-state index contributed by atoms with van der Waals surface area (Å²) in [6, 6.07) is 1.61. The SMILES string of the molecule is CC(C)(C)C1CCC(C(=O)OCC(=O)Nc2ccc(F)c(F)c2F)CC1. The minimum atomic E-state index is -1.67. The van der Waals surface area contributed by atoms with E-state index in [0.717, 1.165) is 18.9 Å². The van der Waals surface area contributed by atoms with Gasteiger partial charge in [0.05, 0.1) is 11.6 Å². The molecule has 0 atom stereocenters. The van der Waals surface area contributed by atoms with Gasteiger partial charge in [-0.05, 0) is 49.1 Å². The number of carbonyl (C=O) groups is 2. The van der Waals surface area contributed by atoms with Crippen LogP contribution < -0.4 is 5.32 Å². The molecule has 0 bridgehead atoms. The van der Waals surface area contributed by atoms with E-state index in [1.165, 1.54) is 0 Å². The highest BCUT2D eigenvalue weighted by molar-refractivity contribution is 5.93. The lowest BCUT2D eigenvalue weighted by molar-refractivity contribution is -0.153. The Morgan fingerprint density at radius 3 is 2.27 bits per heavy atom. The molecule has 1 fully saturated rings. The Labute approximate surface area is 151 Å². The molecule has 26 heavy (non-hydrogen) atoms. The smallest absolute Gasteiger partial charge is 0.309 e. The molecule has 0 unspecified atom stereocenters. The van der Waals surface area contributed by atoms with Gasteiger partial charge in [0.1, 0.15) is 0 Å². The summed E-state index contributed by atoms with van der Waals surface area (Å²) in [5.74, 6) is -5.49. The van der Waals surface area contributed by atoms with Gasteiger partial charge in [0.25, 0.3) is 5.91 Å². The number of halogens is 3. The van der Waals surface area contributed by atoms with Crippen molar-refractivity contribution in [2.24, 2.45) is 17.3 Å². The molecule has 4 nitrogen and oxygen atoms in total. The zero-order valence-electron chi connectivity index (χ0n) is 15.2. The molecule has 1 amide bonds. The molecule has 1 aliphatic carbocycles. The molecule has 1 aliphatic rings. The number of esters is 1. The number of ether oxygens (including phenoxy) is 1. The highest BCUT2D eigenvalue weighted by atomic mass is 19.2. The van der Waals surface area contributed by atoms with Gasteiger partial charge in [-0.1, -0.05) is 20.8 Å². The van der Waals surface area contributed by atoms with Crippen LogP contribution >= 0.6 is 0 Å². The maximum absolute atomic E-state index is 13.5. The molecule has 1 N–H and O–H groups in total. The van der Waals surface area contributed by atoms with E-state index < -0.39 is 41.6 Å². The van der Waals surface area contributed by atoms with E-state index in [2.05, 4.69) is 26.1 Å². The minimum absolute atomic E-state index is 0.198. The summed E-state index contributed by atoms with van der Waals surface area (Å²) in [7, 11) is 0. The second-order valence-electron chi connectivity index (χ2n) is 7.79. The lowest BCUT2D eigenvalue weighted by atomic mass is 9.70. The van der Waals surface area contributed by atoms with Crippen LogP contribution in [0.3, 0.4) is 0 Å². The Balaban J connectivity index is 1.81. The van der Waals surface area contributed by atoms with Gasteiger partial charge in [0.2, 0.25) is 0 Å². The van der Waals surface area contributed by atoms with Gasteiger partial charge >= 0.3 is 5.97 Å². The van der Waals surface area contributed by atoms with Crippen LogP contribution in [0.25, 0.3) is 0 Å². The fraction of sp³-hybridized carbons (Fsp3) is 0.579. The second-order valence-corrected chi connectivity index (χ2v) is 7.79. The van der Waals surface area contributed by atoms with Crippen molar-refractivity contribution >= 4 is 17.6 Å². The maximum atomic E-state index is 13.5. The van der Waals surface area contributed by atoms with Crippen molar-refractivity contribution in [1.82, 2.24) is 0 Å². The summed E-state index contributed by atoms with van der Waals surface area (Å²) in [6.07, 6.45) is 3.27. The van der Waals surface area contributed by atoms with Crippen molar-refractivity contribution in [2.75, 3.05) is 11.9 Å². The quantitative estimate of drug-likeness (QED) is 0.629. The van der Waals surface area contributed by atoms with Crippen LogP contribution in [0.2, 0.25) is 0 Å². The van der Waals surface area contributed by atoms with E-state index in [4.69, 9.17) is 4.74 Å². The molecule has 7 heteroatoms. The topological polar surface area (TPSA) is 55.4 Å². The van der Waals surface area contributed by atoms with E-state index in [-0.39, 0.29) is 11.3 Å². The van der Waals surface area contributed by atoms with Crippen LogP contribution in [-0.4, -0.2) is 18.5 Å². The van der Waals surface area contributed by atoms with Gasteiger partial charge in [0, 0.05) is 0 Å². The van der Waals surface area contributed by atoms with Crippen molar-refractivity contribution in [3.8, 4) is 0 Å². The first-order valence-corrected chi connectivity index (χ1v) is 8.69. The molecular formula is C19H24F3NO3. The molecule has 0 aromatic heterocycles. The molecule has 2 rings (SSSR count). The summed E-state index contributed by atoms with van der Waals surface area (Å²) in [6.45, 7) is 5.94. The van der Waals surface area contributed by atoms with Gasteiger partial charge in [0.15, 0.2) is 24.1 Å². The molecule has 144 valence electrons. The van der Waals surface area contributed by atoms with E-state index in [1.54, 1.807) is 0 Å². The van der Waals surface area contributed by atoms with Gasteiger partial charge in [-0.15, -0.1) is 0 Å². The normalized spacial score (nSPS) is 20.5. The lowest BCUT2D eigenvalue weighted by Gasteiger charge is -2.36. The number of benzene rings is 1. The van der Waals surface area contributed by atoms with Crippen molar-refractivity contribution in [2.45, 2.75) is 46.5 Å². The number of hydrogen-bond donors (Lipinski definition) is 1. The number of amides is 1. The molecule has 1 aromatic carbocycles. The largest absolute Gasteiger partial charge is 0.455 e. The number of carbonyl (C=O) groups excluding carboxylic acids is 2. The lowest BCUT2D eigenvalue weighted by Crippen LogP contribution is -2.31. The van der Waals surface area contributed by atoms with Crippen LogP contribution in [0.4, 0.5) is 18.9 Å². The monoisotopic (exact) mass is 371 g/mol. The average molecular weight is 371 g/mol. The third kappa shape index (κ3) is 4.99. The molecule has 0 radical (unpaired) electrons. The van der Waals surface area contributed by atoms with E-state index in [1.807, 2.05) is 0 Å². The van der Waals surface area contributed by atoms with Crippen LogP contribution in [0.5, 0.6) is 0 Å². The first-order valence-electron chi connectivity index (χ1n) is 8.69. The summed E-state index contributed by atoms with van der Waals surface area (Å²) < 4.78 is 44.5. The Morgan fingerprint density at radius 2 is 1.69 bits per heavy atom. The predicted molar refractivity (Wildman–Crippen MR) is 90.8 cm³/mol. The van der Waals surface area contributed by atoms with Crippen LogP contribution in [0, 0.1) is 34.7 Å². The number of anilines is 1. The standard InChI is InChI=1S/C19H24F3NO3/c1-19(2,3)12-6-4-11(5-7-12)18(25)26-10-15(24)23-14-9-8-13(20)16(21)17(14)22/h8-9,11-12H,4-7,10H2,1-3H3,(H,23,24). The van der Waals surface area contributed by atoms with Crippen molar-refractivity contribution in [3.05, 3.63) is 29.6 Å². The summed E-state index contributed by atoms with van der Waals surface area (Å²) >= 11 is 0. The number of hydrogen-bond acceptors (Lipinski definition) is 3. The Bertz CT molecular complexity index is 677. The Morgan fingerprint density at radius 1 is 1.08 bits per heavy atom. The fourth-order valence-corrected chi connectivity index (χ4v) is 3.26. The molecule has 0 aliphatic heterocycles. The highest BCUT2D eigenvalue weighted by Crippen LogP contribution is 2.40. The molecule has 0 heterocycles. The van der Waals surface area contributed by atoms with Gasteiger partial charge in [-0.25, -0.2) is 13.2 Å². The van der Waals surface area contributed by atoms with Gasteiger partial charge < -0.3 is 10.1 Å². The van der Waals surface area contributed by atoms with E-state index in [9.17, 15) is 22.8 Å². The van der Waals surface area contributed by atoms with Gasteiger partial charge in [-0.2, -0.15) is 0 Å². The first kappa shape index (κ1) is 20.3. The predicted octanol–water partition coefficient (Wildman–Crippen LogP) is 4.44. The first-order chi connectivity index (χ1) is 12.1. The van der Waals surface area contributed by atoms with Crippen LogP contribution in [0.15, 0.2) is 12.1 Å². The zero-order chi connectivity index (χ0) is 19.5. The van der Waals surface area contributed by atoms with Crippen molar-refractivity contribution < 1.29 is 27.5 Å².